The largest absolute Gasteiger partial charge is 0.376 e. The van der Waals surface area contributed by atoms with Crippen LogP contribution in [0.5, 0.6) is 0 Å². The maximum absolute atomic E-state index is 12.9. The van der Waals surface area contributed by atoms with Crippen LogP contribution in [-0.2, 0) is 11.3 Å². The molecule has 3 heterocycles. The summed E-state index contributed by atoms with van der Waals surface area (Å²) in [5, 5.41) is 2.75. The summed E-state index contributed by atoms with van der Waals surface area (Å²) < 4.78 is 7.35. The first-order valence-electron chi connectivity index (χ1n) is 7.87. The van der Waals surface area contributed by atoms with E-state index in [0.717, 1.165) is 40.8 Å². The second kappa shape index (κ2) is 5.91. The fourth-order valence-corrected chi connectivity index (χ4v) is 3.96. The van der Waals surface area contributed by atoms with E-state index in [0.29, 0.717) is 6.54 Å². The van der Waals surface area contributed by atoms with Crippen molar-refractivity contribution in [3.8, 4) is 11.1 Å². The van der Waals surface area contributed by atoms with Crippen molar-refractivity contribution in [3.63, 3.8) is 0 Å². The van der Waals surface area contributed by atoms with E-state index >= 15 is 0 Å². The van der Waals surface area contributed by atoms with Crippen LogP contribution in [0, 0.1) is 6.92 Å². The summed E-state index contributed by atoms with van der Waals surface area (Å²) in [4.78, 5) is 18.2. The van der Waals surface area contributed by atoms with Gasteiger partial charge < -0.3 is 4.74 Å². The normalized spacial score (nSPS) is 17.9. The predicted molar refractivity (Wildman–Crippen MR) is 93.0 cm³/mol. The molecule has 1 fully saturated rings. The molecule has 0 spiro atoms. The van der Waals surface area contributed by atoms with Crippen LogP contribution in [0.1, 0.15) is 18.4 Å². The van der Waals surface area contributed by atoms with Gasteiger partial charge in [-0.15, -0.1) is 11.3 Å². The van der Waals surface area contributed by atoms with Crippen LogP contribution in [0.2, 0.25) is 0 Å². The summed E-state index contributed by atoms with van der Waals surface area (Å²) in [6.45, 7) is 3.44. The molecule has 0 unspecified atom stereocenters. The Bertz CT molecular complexity index is 890. The Kier molecular flexibility index (Phi) is 3.75. The van der Waals surface area contributed by atoms with E-state index in [2.05, 4.69) is 36.2 Å². The van der Waals surface area contributed by atoms with Crippen LogP contribution in [0.15, 0.2) is 40.8 Å². The second-order valence-corrected chi connectivity index (χ2v) is 6.89. The number of benzene rings is 1. The quantitative estimate of drug-likeness (QED) is 0.738. The zero-order valence-corrected chi connectivity index (χ0v) is 13.8. The van der Waals surface area contributed by atoms with Gasteiger partial charge in [0.05, 0.1) is 24.4 Å². The highest BCUT2D eigenvalue weighted by molar-refractivity contribution is 7.17. The number of hydrogen-bond donors (Lipinski definition) is 0. The fraction of sp³-hybridized carbons (Fsp3) is 0.333. The zero-order valence-electron chi connectivity index (χ0n) is 13.0. The van der Waals surface area contributed by atoms with E-state index in [1.807, 2.05) is 5.38 Å². The van der Waals surface area contributed by atoms with Crippen molar-refractivity contribution < 1.29 is 4.74 Å². The highest BCUT2D eigenvalue weighted by atomic mass is 32.1. The monoisotopic (exact) mass is 326 g/mol. The first-order valence-corrected chi connectivity index (χ1v) is 8.75. The molecule has 23 heavy (non-hydrogen) atoms. The molecule has 1 aliphatic rings. The maximum atomic E-state index is 12.9. The lowest BCUT2D eigenvalue weighted by molar-refractivity contribution is 0.0960. The summed E-state index contributed by atoms with van der Waals surface area (Å²) in [6.07, 6.45) is 3.87. The highest BCUT2D eigenvalue weighted by Crippen LogP contribution is 2.30. The van der Waals surface area contributed by atoms with Gasteiger partial charge in [0, 0.05) is 17.6 Å². The number of ether oxygens (including phenoxy) is 1. The van der Waals surface area contributed by atoms with Crippen molar-refractivity contribution in [3.05, 3.63) is 51.9 Å². The van der Waals surface area contributed by atoms with Crippen molar-refractivity contribution in [1.29, 1.82) is 0 Å². The highest BCUT2D eigenvalue weighted by Gasteiger charge is 2.19. The van der Waals surface area contributed by atoms with E-state index < -0.39 is 0 Å². The number of aromatic nitrogens is 2. The molecule has 1 aromatic carbocycles. The molecule has 5 heteroatoms. The molecule has 0 bridgehead atoms. The third kappa shape index (κ3) is 2.71. The molecule has 1 atom stereocenters. The van der Waals surface area contributed by atoms with Crippen molar-refractivity contribution in [1.82, 2.24) is 9.55 Å². The fourth-order valence-electron chi connectivity index (χ4n) is 3.05. The molecular weight excluding hydrogens is 308 g/mol. The summed E-state index contributed by atoms with van der Waals surface area (Å²) in [6, 6.07) is 8.27. The SMILES string of the molecule is Cc1ccc(-c2csc3ncn(C[C@H]4CCCO4)c(=O)c23)cc1. The summed E-state index contributed by atoms with van der Waals surface area (Å²) in [7, 11) is 0. The van der Waals surface area contributed by atoms with E-state index in [1.165, 1.54) is 16.9 Å². The van der Waals surface area contributed by atoms with Gasteiger partial charge in [0.1, 0.15) is 4.83 Å². The average Bonchev–Trinajstić information content (AvgIpc) is 3.21. The Morgan fingerprint density at radius 1 is 1.35 bits per heavy atom. The van der Waals surface area contributed by atoms with Gasteiger partial charge in [0.2, 0.25) is 0 Å². The molecule has 3 aromatic rings. The Balaban J connectivity index is 1.80. The Morgan fingerprint density at radius 2 is 2.17 bits per heavy atom. The molecule has 4 rings (SSSR count). The Hall–Kier alpha value is -1.98. The van der Waals surface area contributed by atoms with E-state index in [1.54, 1.807) is 10.9 Å². The number of nitrogens with zero attached hydrogens (tertiary/aromatic N) is 2. The number of hydrogen-bond acceptors (Lipinski definition) is 4. The molecular formula is C18H18N2O2S. The van der Waals surface area contributed by atoms with Crippen LogP contribution >= 0.6 is 11.3 Å². The Morgan fingerprint density at radius 3 is 2.91 bits per heavy atom. The van der Waals surface area contributed by atoms with E-state index in [4.69, 9.17) is 4.74 Å². The molecule has 0 amide bonds. The summed E-state index contributed by atoms with van der Waals surface area (Å²) in [5.74, 6) is 0. The minimum atomic E-state index is 0.0299. The van der Waals surface area contributed by atoms with Gasteiger partial charge in [-0.05, 0) is 25.3 Å². The lowest BCUT2D eigenvalue weighted by atomic mass is 10.1. The first-order chi connectivity index (χ1) is 11.2. The number of rotatable bonds is 3. The minimum absolute atomic E-state index is 0.0299. The second-order valence-electron chi connectivity index (χ2n) is 6.03. The van der Waals surface area contributed by atoms with Crippen LogP contribution in [0.4, 0.5) is 0 Å². The predicted octanol–water partition coefficient (Wildman–Crippen LogP) is 3.61. The average molecular weight is 326 g/mol. The topological polar surface area (TPSA) is 44.1 Å². The van der Waals surface area contributed by atoms with Gasteiger partial charge in [0.15, 0.2) is 0 Å². The molecule has 1 aliphatic heterocycles. The molecule has 118 valence electrons. The lowest BCUT2D eigenvalue weighted by Crippen LogP contribution is -2.26. The molecule has 0 saturated carbocycles. The maximum Gasteiger partial charge on any atom is 0.262 e. The molecule has 0 aliphatic carbocycles. The van der Waals surface area contributed by atoms with Gasteiger partial charge in [-0.25, -0.2) is 4.98 Å². The number of fused-ring (bicyclic) bond motifs is 1. The minimum Gasteiger partial charge on any atom is -0.376 e. The molecule has 0 radical (unpaired) electrons. The third-order valence-electron chi connectivity index (χ3n) is 4.35. The smallest absolute Gasteiger partial charge is 0.262 e. The van der Waals surface area contributed by atoms with Crippen LogP contribution < -0.4 is 5.56 Å². The van der Waals surface area contributed by atoms with Crippen molar-refractivity contribution >= 4 is 21.6 Å². The summed E-state index contributed by atoms with van der Waals surface area (Å²) >= 11 is 1.52. The van der Waals surface area contributed by atoms with Crippen LogP contribution in [0.25, 0.3) is 21.3 Å². The van der Waals surface area contributed by atoms with Gasteiger partial charge in [0.25, 0.3) is 5.56 Å². The van der Waals surface area contributed by atoms with Crippen LogP contribution in [-0.4, -0.2) is 22.3 Å². The third-order valence-corrected chi connectivity index (χ3v) is 5.23. The van der Waals surface area contributed by atoms with Gasteiger partial charge >= 0.3 is 0 Å². The molecule has 2 aromatic heterocycles. The van der Waals surface area contributed by atoms with Crippen LogP contribution in [0.3, 0.4) is 0 Å². The van der Waals surface area contributed by atoms with Crippen molar-refractivity contribution in [2.45, 2.75) is 32.4 Å². The lowest BCUT2D eigenvalue weighted by Gasteiger charge is -2.11. The Labute approximate surface area is 138 Å². The number of aryl methyl sites for hydroxylation is 1. The van der Waals surface area contributed by atoms with Gasteiger partial charge in [-0.3, -0.25) is 9.36 Å². The van der Waals surface area contributed by atoms with Crippen molar-refractivity contribution in [2.24, 2.45) is 0 Å². The van der Waals surface area contributed by atoms with Crippen molar-refractivity contribution in [2.75, 3.05) is 6.61 Å². The zero-order chi connectivity index (χ0) is 15.8. The number of thiophene rings is 1. The van der Waals surface area contributed by atoms with Gasteiger partial charge in [-0.1, -0.05) is 29.8 Å². The molecule has 4 nitrogen and oxygen atoms in total. The first kappa shape index (κ1) is 14.6. The van der Waals surface area contributed by atoms with E-state index in [-0.39, 0.29) is 11.7 Å². The van der Waals surface area contributed by atoms with E-state index in [9.17, 15) is 4.79 Å². The standard InChI is InChI=1S/C18H18N2O2S/c1-12-4-6-13(7-5-12)15-10-23-17-16(15)18(21)20(11-19-17)9-14-3-2-8-22-14/h4-7,10-11,14H,2-3,8-9H2,1H3/t14-/m1/s1. The summed E-state index contributed by atoms with van der Waals surface area (Å²) in [5.41, 5.74) is 3.28. The molecule has 1 saturated heterocycles. The molecule has 0 N–H and O–H groups in total. The van der Waals surface area contributed by atoms with Gasteiger partial charge in [-0.2, -0.15) is 0 Å².